The second-order valence-corrected chi connectivity index (χ2v) is 12.4. The van der Waals surface area contributed by atoms with Crippen molar-refractivity contribution in [2.75, 3.05) is 16.9 Å². The van der Waals surface area contributed by atoms with Crippen LogP contribution in [-0.4, -0.2) is 35.8 Å². The van der Waals surface area contributed by atoms with E-state index in [1.165, 1.54) is 16.9 Å². The van der Waals surface area contributed by atoms with Gasteiger partial charge in [0.05, 0.1) is 41.7 Å². The number of methoxy groups -OCH3 is 1. The summed E-state index contributed by atoms with van der Waals surface area (Å²) in [4.78, 5) is 58.9. The number of benzene rings is 3. The number of phenolic OH excluding ortho intramolecular Hbond substituents is 1. The van der Waals surface area contributed by atoms with Gasteiger partial charge in [0, 0.05) is 10.9 Å². The lowest BCUT2D eigenvalue weighted by atomic mass is 9.51. The molecule has 0 spiro atoms. The molecule has 0 radical (unpaired) electrons. The van der Waals surface area contributed by atoms with Gasteiger partial charge in [0.25, 0.3) is 0 Å². The van der Waals surface area contributed by atoms with Gasteiger partial charge in [-0.3, -0.25) is 24.1 Å². The zero-order chi connectivity index (χ0) is 30.2. The third kappa shape index (κ3) is 3.82. The van der Waals surface area contributed by atoms with Crippen molar-refractivity contribution in [2.45, 2.75) is 25.7 Å². The molecule has 3 aromatic rings. The summed E-state index contributed by atoms with van der Waals surface area (Å²) in [5.74, 6) is -4.13. The molecule has 2 heterocycles. The van der Waals surface area contributed by atoms with Crippen LogP contribution in [0.3, 0.4) is 0 Å². The second kappa shape index (κ2) is 9.81. The van der Waals surface area contributed by atoms with E-state index in [0.717, 1.165) is 5.57 Å². The summed E-state index contributed by atoms with van der Waals surface area (Å²) in [6.45, 7) is 1.82. The summed E-state index contributed by atoms with van der Waals surface area (Å²) in [6.07, 6.45) is 2.57. The first-order valence-electron chi connectivity index (χ1n) is 14.3. The van der Waals surface area contributed by atoms with E-state index < -0.39 is 35.0 Å². The van der Waals surface area contributed by atoms with Gasteiger partial charge in [-0.25, -0.2) is 4.90 Å². The first-order chi connectivity index (χ1) is 20.7. The maximum absolute atomic E-state index is 14.4. The van der Waals surface area contributed by atoms with E-state index >= 15 is 0 Å². The van der Waals surface area contributed by atoms with E-state index in [2.05, 4.69) is 0 Å². The van der Waals surface area contributed by atoms with Crippen LogP contribution in [0.5, 0.6) is 11.5 Å². The summed E-state index contributed by atoms with van der Waals surface area (Å²) in [6, 6.07) is 20.4. The number of imide groups is 2. The minimum absolute atomic E-state index is 0.0886. The van der Waals surface area contributed by atoms with E-state index in [1.807, 2.05) is 19.1 Å². The number of rotatable bonds is 4. The average molecular weight is 597 g/mol. The Balaban J connectivity index is 1.37. The van der Waals surface area contributed by atoms with Crippen LogP contribution < -0.4 is 14.5 Å². The highest BCUT2D eigenvalue weighted by atomic mass is 35.5. The minimum atomic E-state index is -1.19. The molecule has 218 valence electrons. The molecule has 7 rings (SSSR count). The summed E-state index contributed by atoms with van der Waals surface area (Å²) in [5.41, 5.74) is 1.24. The van der Waals surface area contributed by atoms with E-state index in [9.17, 15) is 24.3 Å². The number of carbonyl (C=O) groups excluding carboxylic acids is 4. The van der Waals surface area contributed by atoms with Gasteiger partial charge in [-0.1, -0.05) is 47.5 Å². The largest absolute Gasteiger partial charge is 0.504 e. The summed E-state index contributed by atoms with van der Waals surface area (Å²) in [5, 5.41) is 11.3. The van der Waals surface area contributed by atoms with E-state index in [0.29, 0.717) is 28.4 Å². The number of para-hydroxylation sites is 1. The molecule has 0 aromatic heterocycles. The first kappa shape index (κ1) is 27.4. The molecule has 2 aliphatic heterocycles. The van der Waals surface area contributed by atoms with Crippen molar-refractivity contribution in [3.8, 4) is 11.5 Å². The van der Waals surface area contributed by atoms with Crippen LogP contribution >= 0.6 is 11.6 Å². The van der Waals surface area contributed by atoms with Gasteiger partial charge in [0.1, 0.15) is 0 Å². The van der Waals surface area contributed by atoms with E-state index in [4.69, 9.17) is 16.3 Å². The summed E-state index contributed by atoms with van der Waals surface area (Å²) < 4.78 is 5.27. The van der Waals surface area contributed by atoms with E-state index in [-0.39, 0.29) is 41.5 Å². The molecule has 43 heavy (non-hydrogen) atoms. The molecule has 6 atom stereocenters. The molecular formula is C34H29ClN2O6. The number of ether oxygens (including phenoxy) is 1. The molecule has 8 nitrogen and oxygen atoms in total. The quantitative estimate of drug-likeness (QED) is 0.316. The van der Waals surface area contributed by atoms with E-state index in [1.54, 1.807) is 66.7 Å². The molecule has 3 fully saturated rings. The molecule has 2 saturated heterocycles. The maximum Gasteiger partial charge on any atom is 0.241 e. The fraction of sp³-hybridized carbons (Fsp3) is 0.294. The molecule has 9 heteroatoms. The number of halogens is 1. The number of phenols is 1. The lowest BCUT2D eigenvalue weighted by Gasteiger charge is -2.49. The minimum Gasteiger partial charge on any atom is -0.504 e. The molecular weight excluding hydrogens is 568 g/mol. The number of amides is 4. The number of aromatic hydroxyl groups is 1. The molecule has 0 unspecified atom stereocenters. The third-order valence-electron chi connectivity index (χ3n) is 9.91. The third-order valence-corrected chi connectivity index (χ3v) is 10.2. The zero-order valence-electron chi connectivity index (χ0n) is 23.6. The number of hydrogen-bond acceptors (Lipinski definition) is 6. The van der Waals surface area contributed by atoms with Crippen molar-refractivity contribution in [1.29, 1.82) is 0 Å². The highest BCUT2D eigenvalue weighted by Gasteiger charge is 2.67. The molecule has 0 bridgehead atoms. The fourth-order valence-electron chi connectivity index (χ4n) is 7.95. The molecule has 4 amide bonds. The Bertz CT molecular complexity index is 1720. The van der Waals surface area contributed by atoms with Crippen LogP contribution in [-0.2, 0) is 19.2 Å². The Morgan fingerprint density at radius 1 is 0.860 bits per heavy atom. The van der Waals surface area contributed by atoms with Crippen molar-refractivity contribution in [1.82, 2.24) is 0 Å². The number of fused-ring (bicyclic) bond motifs is 4. The predicted octanol–water partition coefficient (Wildman–Crippen LogP) is 5.49. The Hall–Kier alpha value is -4.43. The number of allylic oxidation sites excluding steroid dienone is 2. The van der Waals surface area contributed by atoms with Crippen LogP contribution in [0.1, 0.15) is 31.2 Å². The lowest BCUT2D eigenvalue weighted by Crippen LogP contribution is -2.48. The van der Waals surface area contributed by atoms with Gasteiger partial charge in [-0.05, 0) is 79.8 Å². The van der Waals surface area contributed by atoms with Crippen LogP contribution in [0.25, 0.3) is 0 Å². The van der Waals surface area contributed by atoms with Gasteiger partial charge >= 0.3 is 0 Å². The predicted molar refractivity (Wildman–Crippen MR) is 160 cm³/mol. The van der Waals surface area contributed by atoms with Crippen LogP contribution in [0.4, 0.5) is 11.4 Å². The van der Waals surface area contributed by atoms with Crippen LogP contribution in [0, 0.1) is 29.1 Å². The summed E-state index contributed by atoms with van der Waals surface area (Å²) >= 11 is 6.07. The van der Waals surface area contributed by atoms with Crippen LogP contribution in [0.15, 0.2) is 84.4 Å². The van der Waals surface area contributed by atoms with Crippen molar-refractivity contribution in [3.63, 3.8) is 0 Å². The molecule has 1 N–H and O–H groups in total. The first-order valence-corrected chi connectivity index (χ1v) is 14.7. The zero-order valence-corrected chi connectivity index (χ0v) is 24.3. The molecule has 4 aliphatic rings. The average Bonchev–Trinajstić information content (AvgIpc) is 3.37. The second-order valence-electron chi connectivity index (χ2n) is 11.9. The number of anilines is 2. The van der Waals surface area contributed by atoms with Gasteiger partial charge in [0.2, 0.25) is 23.6 Å². The topological polar surface area (TPSA) is 104 Å². The molecule has 2 aliphatic carbocycles. The number of nitrogens with zero attached hydrogens (tertiary/aromatic N) is 2. The highest BCUT2D eigenvalue weighted by molar-refractivity contribution is 6.31. The van der Waals surface area contributed by atoms with Crippen molar-refractivity contribution in [3.05, 3.63) is 95.0 Å². The SMILES string of the molecule is COc1ccc([C@H]2C3=CC[C@@H]4C(=O)N(c5ccc(Cl)cc5)C(=O)[C@@H]4[C@@H]3C[C@H]3C(=O)N(c4ccccc4)C(=O)[C@@]23C)cc1O. The van der Waals surface area contributed by atoms with Crippen molar-refractivity contribution >= 4 is 46.6 Å². The standard InChI is InChI=1S/C34H29ClN2O6/c1-34-25(31(40)37(33(34)42)20-6-4-3-5-7-20)17-24-22(29(34)18-8-15-27(43-2)26(38)16-18)13-14-23-28(24)32(41)36(30(23)39)21-11-9-19(35)10-12-21/h3-13,15-16,23-25,28-29,38H,14,17H2,1-2H3/t23-,24+,25-,28-,29-,34+/m0/s1. The van der Waals surface area contributed by atoms with Crippen LogP contribution in [0.2, 0.25) is 5.02 Å². The number of hydrogen-bond donors (Lipinski definition) is 1. The van der Waals surface area contributed by atoms with Gasteiger partial charge in [-0.15, -0.1) is 0 Å². The fourth-order valence-corrected chi connectivity index (χ4v) is 8.08. The summed E-state index contributed by atoms with van der Waals surface area (Å²) in [7, 11) is 1.46. The highest BCUT2D eigenvalue weighted by Crippen LogP contribution is 2.64. The molecule has 1 saturated carbocycles. The normalized spacial score (nSPS) is 29.7. The van der Waals surface area contributed by atoms with Crippen molar-refractivity contribution in [2.24, 2.45) is 29.1 Å². The smallest absolute Gasteiger partial charge is 0.241 e. The molecule has 3 aromatic carbocycles. The Morgan fingerprint density at radius 3 is 2.23 bits per heavy atom. The number of carbonyl (C=O) groups is 4. The van der Waals surface area contributed by atoms with Gasteiger partial charge in [-0.2, -0.15) is 0 Å². The maximum atomic E-state index is 14.4. The van der Waals surface area contributed by atoms with Crippen molar-refractivity contribution < 1.29 is 29.0 Å². The van der Waals surface area contributed by atoms with Gasteiger partial charge in [0.15, 0.2) is 11.5 Å². The monoisotopic (exact) mass is 596 g/mol. The Labute approximate surface area is 253 Å². The Morgan fingerprint density at radius 2 is 1.56 bits per heavy atom. The Kier molecular flexibility index (Phi) is 6.25. The lowest BCUT2D eigenvalue weighted by molar-refractivity contribution is -0.131. The van der Waals surface area contributed by atoms with Gasteiger partial charge < -0.3 is 9.84 Å².